The molecule has 18 heavy (non-hydrogen) atoms. The van der Waals surface area contributed by atoms with Crippen molar-refractivity contribution in [2.45, 2.75) is 18.4 Å². The van der Waals surface area contributed by atoms with Crippen LogP contribution in [0.2, 0.25) is 0 Å². The van der Waals surface area contributed by atoms with E-state index in [1.807, 2.05) is 18.2 Å². The van der Waals surface area contributed by atoms with Gasteiger partial charge in [-0.3, -0.25) is 0 Å². The number of hydrogen-bond acceptors (Lipinski definition) is 3. The van der Waals surface area contributed by atoms with Crippen LogP contribution in [0.4, 0.5) is 5.82 Å². The summed E-state index contributed by atoms with van der Waals surface area (Å²) in [5, 5.41) is 12.2. The van der Waals surface area contributed by atoms with E-state index in [-0.39, 0.29) is 0 Å². The fraction of sp³-hybridized carbons (Fsp3) is 0.200. The van der Waals surface area contributed by atoms with E-state index in [1.54, 1.807) is 6.07 Å². The van der Waals surface area contributed by atoms with Crippen LogP contribution in [0.25, 0.3) is 0 Å². The molecule has 1 aromatic carbocycles. The number of rotatable bonds is 3. The lowest BCUT2D eigenvalue weighted by atomic mass is 10.1. The number of aromatic nitrogens is 1. The van der Waals surface area contributed by atoms with E-state index in [1.165, 1.54) is 5.56 Å². The first-order chi connectivity index (χ1) is 8.86. The van der Waals surface area contributed by atoms with Gasteiger partial charge in [-0.15, -0.1) is 0 Å². The van der Waals surface area contributed by atoms with Crippen LogP contribution < -0.4 is 5.32 Å². The highest BCUT2D eigenvalue weighted by Gasteiger charge is 2.38. The van der Waals surface area contributed by atoms with Gasteiger partial charge >= 0.3 is 0 Å². The molecule has 0 bridgehead atoms. The molecule has 88 valence electrons. The number of hydrogen-bond donors (Lipinski definition) is 1. The fourth-order valence-corrected chi connectivity index (χ4v) is 2.19. The topological polar surface area (TPSA) is 48.7 Å². The van der Waals surface area contributed by atoms with Crippen LogP contribution in [-0.4, -0.2) is 11.0 Å². The van der Waals surface area contributed by atoms with Crippen LogP contribution in [0.5, 0.6) is 0 Å². The van der Waals surface area contributed by atoms with E-state index in [9.17, 15) is 0 Å². The van der Waals surface area contributed by atoms with Gasteiger partial charge in [-0.2, -0.15) is 5.26 Å². The maximum atomic E-state index is 8.80. The molecule has 1 heterocycles. The van der Waals surface area contributed by atoms with Gasteiger partial charge in [0.15, 0.2) is 0 Å². The maximum Gasteiger partial charge on any atom is 0.142 e. The average molecular weight is 235 g/mol. The Kier molecular flexibility index (Phi) is 2.70. The minimum absolute atomic E-state index is 0.439. The standard InChI is InChI=1S/C15H13N3/c16-10-12-7-4-8-15(17-12)18-14-9-13(14)11-5-2-1-3-6-11/h1-8,13-14H,9H2,(H,17,18). The highest BCUT2D eigenvalue weighted by molar-refractivity contribution is 5.43. The Bertz CT molecular complexity index is 586. The molecule has 0 aliphatic heterocycles. The second-order valence-corrected chi connectivity index (χ2v) is 4.52. The number of anilines is 1. The average Bonchev–Trinajstić information content (AvgIpc) is 3.19. The third-order valence-corrected chi connectivity index (χ3v) is 3.22. The van der Waals surface area contributed by atoms with E-state index < -0.39 is 0 Å². The Hall–Kier alpha value is -2.34. The lowest BCUT2D eigenvalue weighted by Gasteiger charge is -2.05. The number of nitrogens with zero attached hydrogens (tertiary/aromatic N) is 2. The van der Waals surface area contributed by atoms with Gasteiger partial charge in [0.1, 0.15) is 17.6 Å². The quantitative estimate of drug-likeness (QED) is 0.889. The third-order valence-electron chi connectivity index (χ3n) is 3.22. The van der Waals surface area contributed by atoms with Crippen molar-refractivity contribution in [3.63, 3.8) is 0 Å². The van der Waals surface area contributed by atoms with Gasteiger partial charge in [0.25, 0.3) is 0 Å². The summed E-state index contributed by atoms with van der Waals surface area (Å²) in [5.41, 5.74) is 1.82. The summed E-state index contributed by atoms with van der Waals surface area (Å²) >= 11 is 0. The van der Waals surface area contributed by atoms with Crippen LogP contribution in [0.15, 0.2) is 48.5 Å². The van der Waals surface area contributed by atoms with Gasteiger partial charge in [0, 0.05) is 12.0 Å². The third kappa shape index (κ3) is 2.18. The zero-order valence-electron chi connectivity index (χ0n) is 9.88. The van der Waals surface area contributed by atoms with Gasteiger partial charge in [0.2, 0.25) is 0 Å². The molecule has 1 N–H and O–H groups in total. The van der Waals surface area contributed by atoms with Gasteiger partial charge in [-0.1, -0.05) is 36.4 Å². The molecule has 1 aliphatic carbocycles. The van der Waals surface area contributed by atoms with Crippen molar-refractivity contribution >= 4 is 5.82 Å². The molecule has 1 fully saturated rings. The molecule has 2 aromatic rings. The molecule has 3 rings (SSSR count). The second kappa shape index (κ2) is 4.50. The first kappa shape index (κ1) is 10.8. The molecule has 3 heteroatoms. The summed E-state index contributed by atoms with van der Waals surface area (Å²) in [6, 6.07) is 18.5. The first-order valence-corrected chi connectivity index (χ1v) is 6.05. The van der Waals surface area contributed by atoms with Crippen LogP contribution in [-0.2, 0) is 0 Å². The van der Waals surface area contributed by atoms with Crippen LogP contribution in [0, 0.1) is 11.3 Å². The van der Waals surface area contributed by atoms with E-state index in [4.69, 9.17) is 5.26 Å². The molecule has 0 saturated heterocycles. The Morgan fingerprint density at radius 2 is 1.94 bits per heavy atom. The number of nitriles is 1. The molecular formula is C15H13N3. The summed E-state index contributed by atoms with van der Waals surface area (Å²) in [6.45, 7) is 0. The molecular weight excluding hydrogens is 222 g/mol. The summed E-state index contributed by atoms with van der Waals surface area (Å²) in [5.74, 6) is 1.36. The minimum Gasteiger partial charge on any atom is -0.367 e. The summed E-state index contributed by atoms with van der Waals surface area (Å²) in [4.78, 5) is 4.23. The molecule has 1 saturated carbocycles. The SMILES string of the molecule is N#Cc1cccc(NC2CC2c2ccccc2)n1. The summed E-state index contributed by atoms with van der Waals surface area (Å²) in [6.07, 6.45) is 1.13. The molecule has 1 aromatic heterocycles. The minimum atomic E-state index is 0.439. The Labute approximate surface area is 106 Å². The van der Waals surface area contributed by atoms with Crippen LogP contribution >= 0.6 is 0 Å². The van der Waals surface area contributed by atoms with Crippen molar-refractivity contribution in [2.75, 3.05) is 5.32 Å². The van der Waals surface area contributed by atoms with Crippen LogP contribution in [0.3, 0.4) is 0 Å². The van der Waals surface area contributed by atoms with Crippen molar-refractivity contribution < 1.29 is 0 Å². The number of benzene rings is 1. The smallest absolute Gasteiger partial charge is 0.142 e. The highest BCUT2D eigenvalue weighted by atomic mass is 15.1. The maximum absolute atomic E-state index is 8.80. The van der Waals surface area contributed by atoms with E-state index in [2.05, 4.69) is 40.6 Å². The van der Waals surface area contributed by atoms with Crippen molar-refractivity contribution in [3.05, 3.63) is 59.8 Å². The fourth-order valence-electron chi connectivity index (χ4n) is 2.19. The first-order valence-electron chi connectivity index (χ1n) is 6.05. The molecule has 3 nitrogen and oxygen atoms in total. The van der Waals surface area contributed by atoms with E-state index in [0.29, 0.717) is 17.7 Å². The number of pyridine rings is 1. The molecule has 1 aliphatic rings. The zero-order chi connectivity index (χ0) is 12.4. The molecule has 2 unspecified atom stereocenters. The van der Waals surface area contributed by atoms with Gasteiger partial charge in [0.05, 0.1) is 0 Å². The predicted molar refractivity (Wildman–Crippen MR) is 70.2 cm³/mol. The molecule has 0 amide bonds. The Morgan fingerprint density at radius 3 is 2.72 bits per heavy atom. The lowest BCUT2D eigenvalue weighted by Crippen LogP contribution is -2.06. The van der Waals surface area contributed by atoms with E-state index >= 15 is 0 Å². The molecule has 0 spiro atoms. The second-order valence-electron chi connectivity index (χ2n) is 4.52. The van der Waals surface area contributed by atoms with Crippen molar-refractivity contribution in [1.29, 1.82) is 5.26 Å². The Balaban J connectivity index is 1.68. The summed E-state index contributed by atoms with van der Waals surface area (Å²) < 4.78 is 0. The summed E-state index contributed by atoms with van der Waals surface area (Å²) in [7, 11) is 0. The lowest BCUT2D eigenvalue weighted by molar-refractivity contribution is 1.03. The monoisotopic (exact) mass is 235 g/mol. The number of nitrogens with one attached hydrogen (secondary N) is 1. The Morgan fingerprint density at radius 1 is 1.11 bits per heavy atom. The van der Waals surface area contributed by atoms with Crippen molar-refractivity contribution in [1.82, 2.24) is 4.98 Å². The van der Waals surface area contributed by atoms with Crippen molar-refractivity contribution in [2.24, 2.45) is 0 Å². The molecule has 0 radical (unpaired) electrons. The van der Waals surface area contributed by atoms with Gasteiger partial charge < -0.3 is 5.32 Å². The normalized spacial score (nSPS) is 21.1. The highest BCUT2D eigenvalue weighted by Crippen LogP contribution is 2.42. The van der Waals surface area contributed by atoms with E-state index in [0.717, 1.165) is 12.2 Å². The largest absolute Gasteiger partial charge is 0.367 e. The zero-order valence-corrected chi connectivity index (χ0v) is 9.88. The van der Waals surface area contributed by atoms with Crippen LogP contribution in [0.1, 0.15) is 23.6 Å². The van der Waals surface area contributed by atoms with Gasteiger partial charge in [-0.05, 0) is 24.1 Å². The van der Waals surface area contributed by atoms with Crippen molar-refractivity contribution in [3.8, 4) is 6.07 Å². The predicted octanol–water partition coefficient (Wildman–Crippen LogP) is 2.92. The van der Waals surface area contributed by atoms with Gasteiger partial charge in [-0.25, -0.2) is 4.98 Å². The molecule has 2 atom stereocenters.